The maximum absolute atomic E-state index is 12.4. The zero-order valence-electron chi connectivity index (χ0n) is 11.3. The Kier molecular flexibility index (Phi) is 5.36. The third-order valence-corrected chi connectivity index (χ3v) is 3.13. The van der Waals surface area contributed by atoms with Gasteiger partial charge in [0.05, 0.1) is 6.04 Å². The molecule has 94 valence electrons. The predicted molar refractivity (Wildman–Crippen MR) is 71.9 cm³/mol. The molecule has 0 spiro atoms. The van der Waals surface area contributed by atoms with Crippen molar-refractivity contribution in [2.24, 2.45) is 5.92 Å². The molecule has 2 heteroatoms. The highest BCUT2D eigenvalue weighted by Gasteiger charge is 2.27. The number of carbonyl (C=O) groups excluding carboxylic acids is 1. The number of rotatable bonds is 6. The molecule has 1 atom stereocenters. The van der Waals surface area contributed by atoms with E-state index in [4.69, 9.17) is 0 Å². The molecule has 1 unspecified atom stereocenters. The van der Waals surface area contributed by atoms with Crippen LogP contribution in [0, 0.1) is 5.92 Å². The molecule has 0 bridgehead atoms. The molecule has 17 heavy (non-hydrogen) atoms. The minimum absolute atomic E-state index is 0.0702. The number of ketones is 1. The van der Waals surface area contributed by atoms with Crippen molar-refractivity contribution in [1.29, 1.82) is 0 Å². The van der Waals surface area contributed by atoms with Gasteiger partial charge in [-0.1, -0.05) is 58.0 Å². The van der Waals surface area contributed by atoms with Gasteiger partial charge in [0.15, 0.2) is 5.78 Å². The fourth-order valence-electron chi connectivity index (χ4n) is 2.09. The lowest BCUT2D eigenvalue weighted by Crippen LogP contribution is -2.35. The van der Waals surface area contributed by atoms with Gasteiger partial charge in [-0.15, -0.1) is 0 Å². The van der Waals surface area contributed by atoms with Gasteiger partial charge < -0.3 is 0 Å². The van der Waals surface area contributed by atoms with Crippen molar-refractivity contribution in [3.8, 4) is 0 Å². The first kappa shape index (κ1) is 13.9. The summed E-state index contributed by atoms with van der Waals surface area (Å²) in [6.45, 7) is 9.95. The van der Waals surface area contributed by atoms with Crippen LogP contribution < -0.4 is 0 Å². The molecule has 0 amide bonds. The second-order valence-electron chi connectivity index (χ2n) is 4.59. The van der Waals surface area contributed by atoms with Gasteiger partial charge in [-0.3, -0.25) is 9.69 Å². The van der Waals surface area contributed by atoms with E-state index < -0.39 is 0 Å². The Labute approximate surface area is 105 Å². The van der Waals surface area contributed by atoms with E-state index in [0.717, 1.165) is 18.7 Å². The minimum atomic E-state index is -0.0915. The van der Waals surface area contributed by atoms with Gasteiger partial charge in [0.2, 0.25) is 0 Å². The number of Topliss-reactive ketones (excluding diaryl/α,β-unsaturated/α-hetero) is 1. The van der Waals surface area contributed by atoms with Crippen LogP contribution in [-0.4, -0.2) is 23.8 Å². The summed E-state index contributed by atoms with van der Waals surface area (Å²) in [6, 6.07) is 9.99. The van der Waals surface area contributed by atoms with E-state index in [1.165, 1.54) is 0 Å². The van der Waals surface area contributed by atoms with E-state index in [0.29, 0.717) is 5.78 Å². The molecule has 0 radical (unpaired) electrons. The van der Waals surface area contributed by atoms with Crippen molar-refractivity contribution < 1.29 is 4.79 Å². The van der Waals surface area contributed by atoms with Crippen LogP contribution in [0.25, 0.3) is 0 Å². The fraction of sp³-hybridized carbons (Fsp3) is 0.533. The summed E-state index contributed by atoms with van der Waals surface area (Å²) < 4.78 is 0. The zero-order chi connectivity index (χ0) is 12.8. The highest BCUT2D eigenvalue weighted by Crippen LogP contribution is 2.24. The summed E-state index contributed by atoms with van der Waals surface area (Å²) in [6.07, 6.45) is 0. The molecule has 0 heterocycles. The number of hydrogen-bond acceptors (Lipinski definition) is 2. The van der Waals surface area contributed by atoms with E-state index in [2.05, 4.69) is 18.7 Å². The van der Waals surface area contributed by atoms with E-state index in [-0.39, 0.29) is 12.0 Å². The maximum Gasteiger partial charge on any atom is 0.157 e. The third kappa shape index (κ3) is 3.40. The van der Waals surface area contributed by atoms with Crippen LogP contribution in [0.5, 0.6) is 0 Å². The van der Waals surface area contributed by atoms with Gasteiger partial charge in [-0.2, -0.15) is 0 Å². The molecule has 0 aromatic heterocycles. The third-order valence-electron chi connectivity index (χ3n) is 3.13. The minimum Gasteiger partial charge on any atom is -0.297 e. The average Bonchev–Trinajstić information content (AvgIpc) is 2.36. The van der Waals surface area contributed by atoms with E-state index in [1.807, 2.05) is 44.2 Å². The molecule has 0 aliphatic rings. The Bertz CT molecular complexity index is 341. The van der Waals surface area contributed by atoms with Gasteiger partial charge in [0, 0.05) is 5.92 Å². The first-order chi connectivity index (χ1) is 8.11. The van der Waals surface area contributed by atoms with Gasteiger partial charge >= 0.3 is 0 Å². The van der Waals surface area contributed by atoms with Crippen LogP contribution in [0.3, 0.4) is 0 Å². The number of likely N-dealkylation sites (N-methyl/N-ethyl adjacent to an activating group) is 1. The molecule has 1 rings (SSSR count). The number of nitrogens with zero attached hydrogens (tertiary/aromatic N) is 1. The average molecular weight is 233 g/mol. The second kappa shape index (κ2) is 6.55. The summed E-state index contributed by atoms with van der Waals surface area (Å²) >= 11 is 0. The summed E-state index contributed by atoms with van der Waals surface area (Å²) in [4.78, 5) is 14.6. The van der Waals surface area contributed by atoms with Gasteiger partial charge in [0.1, 0.15) is 0 Å². The fourth-order valence-corrected chi connectivity index (χ4v) is 2.09. The number of hydrogen-bond donors (Lipinski definition) is 0. The standard InChI is InChI=1S/C15H23NO/c1-5-16(6-2)14(15(17)12(3)4)13-10-8-7-9-11-13/h7-12,14H,5-6H2,1-4H3. The zero-order valence-corrected chi connectivity index (χ0v) is 11.3. The van der Waals surface area contributed by atoms with Crippen molar-refractivity contribution in [3.05, 3.63) is 35.9 Å². The monoisotopic (exact) mass is 233 g/mol. The molecule has 0 fully saturated rings. The summed E-state index contributed by atoms with van der Waals surface area (Å²) in [5.41, 5.74) is 1.11. The number of benzene rings is 1. The van der Waals surface area contributed by atoms with Crippen molar-refractivity contribution in [2.75, 3.05) is 13.1 Å². The SMILES string of the molecule is CCN(CC)C(C(=O)C(C)C)c1ccccc1. The smallest absolute Gasteiger partial charge is 0.157 e. The van der Waals surface area contributed by atoms with E-state index in [1.54, 1.807) is 0 Å². The second-order valence-corrected chi connectivity index (χ2v) is 4.59. The summed E-state index contributed by atoms with van der Waals surface area (Å²) in [5, 5.41) is 0. The molecule has 0 aliphatic heterocycles. The van der Waals surface area contributed by atoms with Crippen molar-refractivity contribution >= 4 is 5.78 Å². The van der Waals surface area contributed by atoms with Crippen molar-refractivity contribution in [3.63, 3.8) is 0 Å². The maximum atomic E-state index is 12.4. The molecule has 0 N–H and O–H groups in total. The topological polar surface area (TPSA) is 20.3 Å². The highest BCUT2D eigenvalue weighted by molar-refractivity contribution is 5.86. The molecular formula is C15H23NO. The van der Waals surface area contributed by atoms with Crippen LogP contribution in [0.2, 0.25) is 0 Å². The molecule has 1 aromatic rings. The van der Waals surface area contributed by atoms with Crippen molar-refractivity contribution in [1.82, 2.24) is 4.90 Å². The first-order valence-electron chi connectivity index (χ1n) is 6.44. The van der Waals surface area contributed by atoms with E-state index in [9.17, 15) is 4.79 Å². The van der Waals surface area contributed by atoms with Crippen LogP contribution in [0.15, 0.2) is 30.3 Å². The Hall–Kier alpha value is -1.15. The van der Waals surface area contributed by atoms with Gasteiger partial charge in [-0.25, -0.2) is 0 Å². The molecular weight excluding hydrogens is 210 g/mol. The lowest BCUT2D eigenvalue weighted by atomic mass is 9.94. The molecule has 1 aromatic carbocycles. The van der Waals surface area contributed by atoms with Crippen LogP contribution in [-0.2, 0) is 4.79 Å². The van der Waals surface area contributed by atoms with Crippen LogP contribution >= 0.6 is 0 Å². The Balaban J connectivity index is 3.06. The van der Waals surface area contributed by atoms with Crippen LogP contribution in [0.4, 0.5) is 0 Å². The first-order valence-corrected chi connectivity index (χ1v) is 6.44. The molecule has 0 saturated carbocycles. The largest absolute Gasteiger partial charge is 0.297 e. The summed E-state index contributed by atoms with van der Waals surface area (Å²) in [7, 11) is 0. The van der Waals surface area contributed by atoms with E-state index >= 15 is 0 Å². The molecule has 0 saturated heterocycles. The predicted octanol–water partition coefficient (Wildman–Crippen LogP) is 3.29. The lowest BCUT2D eigenvalue weighted by Gasteiger charge is -2.30. The summed E-state index contributed by atoms with van der Waals surface area (Å²) in [5.74, 6) is 0.376. The normalized spacial score (nSPS) is 13.1. The van der Waals surface area contributed by atoms with Crippen LogP contribution in [0.1, 0.15) is 39.3 Å². The number of carbonyl (C=O) groups is 1. The Morgan fingerprint density at radius 1 is 1.12 bits per heavy atom. The highest BCUT2D eigenvalue weighted by atomic mass is 16.1. The Morgan fingerprint density at radius 2 is 1.65 bits per heavy atom. The lowest BCUT2D eigenvalue weighted by molar-refractivity contribution is -0.127. The van der Waals surface area contributed by atoms with Gasteiger partial charge in [-0.05, 0) is 18.7 Å². The quantitative estimate of drug-likeness (QED) is 0.751. The molecule has 2 nitrogen and oxygen atoms in total. The molecule has 0 aliphatic carbocycles. The van der Waals surface area contributed by atoms with Gasteiger partial charge in [0.25, 0.3) is 0 Å². The van der Waals surface area contributed by atoms with Crippen molar-refractivity contribution in [2.45, 2.75) is 33.7 Å². The Morgan fingerprint density at radius 3 is 2.06 bits per heavy atom.